The van der Waals surface area contributed by atoms with Gasteiger partial charge in [0.2, 0.25) is 0 Å². The lowest BCUT2D eigenvalue weighted by Gasteiger charge is -2.13. The number of aryl methyl sites for hydroxylation is 1. The van der Waals surface area contributed by atoms with Crippen molar-refractivity contribution >= 4 is 50.7 Å². The fourth-order valence-corrected chi connectivity index (χ4v) is 4.73. The van der Waals surface area contributed by atoms with Crippen LogP contribution in [0.3, 0.4) is 0 Å². The number of hydrogen-bond donors (Lipinski definition) is 1. The summed E-state index contributed by atoms with van der Waals surface area (Å²) in [5.74, 6) is -0.0886. The van der Waals surface area contributed by atoms with Crippen molar-refractivity contribution in [2.45, 2.75) is 33.0 Å². The maximum absolute atomic E-state index is 12.7. The molecule has 1 N–H and O–H groups in total. The summed E-state index contributed by atoms with van der Waals surface area (Å²) in [5.41, 5.74) is 1.81. The van der Waals surface area contributed by atoms with Gasteiger partial charge in [-0.15, -0.1) is 11.3 Å². The number of benzene rings is 1. The Morgan fingerprint density at radius 1 is 1.31 bits per heavy atom. The van der Waals surface area contributed by atoms with Gasteiger partial charge in [0.15, 0.2) is 0 Å². The van der Waals surface area contributed by atoms with Crippen LogP contribution in [-0.2, 0) is 13.1 Å². The molecule has 4 rings (SSSR count). The number of carbonyl (C=O) groups is 1. The first-order valence-electron chi connectivity index (χ1n) is 9.08. The van der Waals surface area contributed by atoms with E-state index in [2.05, 4.69) is 15.4 Å². The molecular formula is C20H19Cl2N5OS. The minimum Gasteiger partial charge on any atom is -0.347 e. The predicted molar refractivity (Wildman–Crippen MR) is 117 cm³/mol. The summed E-state index contributed by atoms with van der Waals surface area (Å²) in [7, 11) is 0. The molecule has 0 radical (unpaired) electrons. The van der Waals surface area contributed by atoms with Crippen molar-refractivity contribution in [3.05, 3.63) is 69.2 Å². The van der Waals surface area contributed by atoms with Crippen molar-refractivity contribution in [3.63, 3.8) is 0 Å². The number of amides is 1. The van der Waals surface area contributed by atoms with Crippen molar-refractivity contribution in [3.8, 4) is 0 Å². The molecule has 9 heteroatoms. The van der Waals surface area contributed by atoms with E-state index in [1.54, 1.807) is 18.6 Å². The second-order valence-corrected chi connectivity index (χ2v) is 8.82. The molecule has 0 saturated carbocycles. The average Bonchev–Trinajstić information content (AvgIpc) is 3.37. The monoisotopic (exact) mass is 447 g/mol. The fraction of sp³-hybridized carbons (Fsp3) is 0.250. The third-order valence-electron chi connectivity index (χ3n) is 4.59. The van der Waals surface area contributed by atoms with Gasteiger partial charge in [0.05, 0.1) is 23.4 Å². The third-order valence-corrected chi connectivity index (χ3v) is 6.32. The van der Waals surface area contributed by atoms with E-state index in [4.69, 9.17) is 23.2 Å². The van der Waals surface area contributed by atoms with E-state index in [1.165, 1.54) is 11.3 Å². The van der Waals surface area contributed by atoms with E-state index in [1.807, 2.05) is 47.5 Å². The summed E-state index contributed by atoms with van der Waals surface area (Å²) in [4.78, 5) is 18.4. The lowest BCUT2D eigenvalue weighted by molar-refractivity contribution is 0.0941. The van der Waals surface area contributed by atoms with E-state index in [9.17, 15) is 4.79 Å². The molecule has 6 nitrogen and oxygen atoms in total. The Morgan fingerprint density at radius 3 is 2.86 bits per heavy atom. The zero-order valence-electron chi connectivity index (χ0n) is 15.9. The zero-order valence-corrected chi connectivity index (χ0v) is 18.2. The number of halogens is 2. The molecule has 3 aromatic heterocycles. The number of carbonyl (C=O) groups excluding carboxylic acids is 1. The molecule has 0 aliphatic rings. The minimum absolute atomic E-state index is 0.0209. The molecule has 29 heavy (non-hydrogen) atoms. The fourth-order valence-electron chi connectivity index (χ4n) is 3.19. The highest BCUT2D eigenvalue weighted by molar-refractivity contribution is 7.20. The maximum atomic E-state index is 12.7. The predicted octanol–water partition coefficient (Wildman–Crippen LogP) is 4.78. The largest absolute Gasteiger partial charge is 0.347 e. The molecule has 1 unspecified atom stereocenters. The van der Waals surface area contributed by atoms with Gasteiger partial charge in [-0.25, -0.2) is 4.98 Å². The summed E-state index contributed by atoms with van der Waals surface area (Å²) in [6.45, 7) is 5.09. The van der Waals surface area contributed by atoms with Crippen molar-refractivity contribution in [2.75, 3.05) is 0 Å². The molecule has 0 spiro atoms. The number of nitrogens with zero attached hydrogens (tertiary/aromatic N) is 4. The Labute approximate surface area is 182 Å². The Balaban J connectivity index is 1.54. The van der Waals surface area contributed by atoms with Gasteiger partial charge in [0.25, 0.3) is 5.91 Å². The molecule has 3 heterocycles. The van der Waals surface area contributed by atoms with E-state index in [-0.39, 0.29) is 11.9 Å². The van der Waals surface area contributed by atoms with Crippen LogP contribution in [0, 0.1) is 6.92 Å². The van der Waals surface area contributed by atoms with E-state index >= 15 is 0 Å². The molecule has 0 bridgehead atoms. The van der Waals surface area contributed by atoms with Crippen LogP contribution in [0.1, 0.15) is 27.9 Å². The van der Waals surface area contributed by atoms with Crippen LogP contribution in [0.25, 0.3) is 10.2 Å². The number of nitrogens with one attached hydrogen (secondary N) is 1. The van der Waals surface area contributed by atoms with Crippen LogP contribution >= 0.6 is 34.5 Å². The van der Waals surface area contributed by atoms with Gasteiger partial charge in [-0.1, -0.05) is 29.3 Å². The van der Waals surface area contributed by atoms with Gasteiger partial charge in [-0.3, -0.25) is 9.48 Å². The Morgan fingerprint density at radius 2 is 2.14 bits per heavy atom. The van der Waals surface area contributed by atoms with Gasteiger partial charge >= 0.3 is 0 Å². The van der Waals surface area contributed by atoms with Crippen LogP contribution in [-0.4, -0.2) is 31.3 Å². The molecule has 0 aliphatic carbocycles. The quantitative estimate of drug-likeness (QED) is 0.462. The third kappa shape index (κ3) is 4.32. The van der Waals surface area contributed by atoms with Crippen LogP contribution in [0.15, 0.2) is 43.0 Å². The van der Waals surface area contributed by atoms with E-state index in [0.717, 1.165) is 21.5 Å². The SMILES string of the molecule is Cc1nn(Cc2ccc(Cl)cc2Cl)c2sc(C(=O)NC(C)Cn3ccnc3)cc12. The van der Waals surface area contributed by atoms with Crippen molar-refractivity contribution < 1.29 is 4.79 Å². The number of aromatic nitrogens is 4. The normalized spacial score (nSPS) is 12.4. The van der Waals surface area contributed by atoms with Crippen LogP contribution < -0.4 is 5.32 Å². The van der Waals surface area contributed by atoms with Gasteiger partial charge in [-0.2, -0.15) is 5.10 Å². The van der Waals surface area contributed by atoms with E-state index < -0.39 is 0 Å². The number of thiophene rings is 1. The standard InChI is InChI=1S/C20H19Cl2N5OS/c1-12(9-26-6-5-23-11-26)24-19(28)18-8-16-13(2)25-27(20(16)29-18)10-14-3-4-15(21)7-17(14)22/h3-8,11-12H,9-10H2,1-2H3,(H,24,28). The van der Waals surface area contributed by atoms with Crippen LogP contribution in [0.4, 0.5) is 0 Å². The van der Waals surface area contributed by atoms with Crippen molar-refractivity contribution in [1.82, 2.24) is 24.6 Å². The summed E-state index contributed by atoms with van der Waals surface area (Å²) in [6, 6.07) is 7.31. The van der Waals surface area contributed by atoms with Gasteiger partial charge in [-0.05, 0) is 37.6 Å². The second kappa shape index (κ2) is 8.18. The molecule has 1 aromatic carbocycles. The highest BCUT2D eigenvalue weighted by atomic mass is 35.5. The first-order chi connectivity index (χ1) is 13.9. The minimum atomic E-state index is -0.0886. The molecule has 1 atom stereocenters. The molecule has 1 amide bonds. The number of fused-ring (bicyclic) bond motifs is 1. The molecule has 0 saturated heterocycles. The highest BCUT2D eigenvalue weighted by Crippen LogP contribution is 2.30. The lowest BCUT2D eigenvalue weighted by Crippen LogP contribution is -2.35. The van der Waals surface area contributed by atoms with Gasteiger partial charge < -0.3 is 9.88 Å². The summed E-state index contributed by atoms with van der Waals surface area (Å²) in [5, 5.41) is 9.84. The Hall–Kier alpha value is -2.35. The number of rotatable bonds is 6. The molecule has 4 aromatic rings. The summed E-state index contributed by atoms with van der Waals surface area (Å²) >= 11 is 13.7. The van der Waals surface area contributed by atoms with Crippen molar-refractivity contribution in [2.24, 2.45) is 0 Å². The topological polar surface area (TPSA) is 64.7 Å². The zero-order chi connectivity index (χ0) is 20.5. The molecule has 150 valence electrons. The van der Waals surface area contributed by atoms with E-state index in [0.29, 0.717) is 28.0 Å². The maximum Gasteiger partial charge on any atom is 0.261 e. The number of imidazole rings is 1. The second-order valence-electron chi connectivity index (χ2n) is 6.94. The molecular weight excluding hydrogens is 429 g/mol. The lowest BCUT2D eigenvalue weighted by atomic mass is 10.2. The van der Waals surface area contributed by atoms with Crippen LogP contribution in [0.5, 0.6) is 0 Å². The first-order valence-corrected chi connectivity index (χ1v) is 10.7. The smallest absolute Gasteiger partial charge is 0.261 e. The van der Waals surface area contributed by atoms with Gasteiger partial charge in [0.1, 0.15) is 4.83 Å². The number of hydrogen-bond acceptors (Lipinski definition) is 4. The molecule has 0 aliphatic heterocycles. The van der Waals surface area contributed by atoms with Crippen LogP contribution in [0.2, 0.25) is 10.0 Å². The summed E-state index contributed by atoms with van der Waals surface area (Å²) < 4.78 is 3.82. The Kier molecular flexibility index (Phi) is 5.63. The molecule has 0 fully saturated rings. The Bertz CT molecular complexity index is 1170. The summed E-state index contributed by atoms with van der Waals surface area (Å²) in [6.07, 6.45) is 5.34. The average molecular weight is 448 g/mol. The van der Waals surface area contributed by atoms with Gasteiger partial charge in [0, 0.05) is 40.4 Å². The first kappa shape index (κ1) is 19.9. The highest BCUT2D eigenvalue weighted by Gasteiger charge is 2.18. The van der Waals surface area contributed by atoms with Crippen molar-refractivity contribution in [1.29, 1.82) is 0 Å².